The molecule has 0 saturated heterocycles. The van der Waals surface area contributed by atoms with Crippen molar-refractivity contribution in [3.8, 4) is 0 Å². The molecule has 1 aromatic heterocycles. The van der Waals surface area contributed by atoms with Crippen LogP contribution >= 0.6 is 0 Å². The predicted molar refractivity (Wildman–Crippen MR) is 68.6 cm³/mol. The first-order valence-corrected chi connectivity index (χ1v) is 6.77. The van der Waals surface area contributed by atoms with Crippen molar-refractivity contribution in [1.82, 2.24) is 4.98 Å². The second kappa shape index (κ2) is 5.80. The van der Waals surface area contributed by atoms with Crippen LogP contribution in [0.5, 0.6) is 0 Å². The zero-order valence-corrected chi connectivity index (χ0v) is 11.3. The van der Waals surface area contributed by atoms with Gasteiger partial charge in [-0.15, -0.1) is 0 Å². The van der Waals surface area contributed by atoms with Gasteiger partial charge in [0, 0.05) is 19.2 Å². The molecule has 1 fully saturated rings. The fourth-order valence-corrected chi connectivity index (χ4v) is 2.80. The number of aromatic nitrogens is 1. The summed E-state index contributed by atoms with van der Waals surface area (Å²) in [5.41, 5.74) is 0. The van der Waals surface area contributed by atoms with Gasteiger partial charge in [-0.3, -0.25) is 0 Å². The van der Waals surface area contributed by atoms with Crippen LogP contribution in [0.1, 0.15) is 39.0 Å². The van der Waals surface area contributed by atoms with Crippen molar-refractivity contribution in [1.29, 1.82) is 0 Å². The average Bonchev–Trinajstić information content (AvgIpc) is 2.42. The van der Waals surface area contributed by atoms with E-state index in [1.54, 1.807) is 11.9 Å². The van der Waals surface area contributed by atoms with Gasteiger partial charge in [0.2, 0.25) is 0 Å². The highest BCUT2D eigenvalue weighted by Gasteiger charge is 2.26. The number of hydrogen-bond donors (Lipinski definition) is 0. The summed E-state index contributed by atoms with van der Waals surface area (Å²) in [4.78, 5) is 5.04. The van der Waals surface area contributed by atoms with E-state index in [-0.39, 0.29) is 11.9 Å². The molecule has 0 atom stereocenters. The van der Waals surface area contributed by atoms with Crippen LogP contribution in [0.3, 0.4) is 0 Å². The van der Waals surface area contributed by atoms with Gasteiger partial charge in [0.25, 0.3) is 5.95 Å². The first-order valence-electron chi connectivity index (χ1n) is 6.77. The van der Waals surface area contributed by atoms with Crippen molar-refractivity contribution >= 4 is 5.82 Å². The molecule has 0 aromatic carbocycles. The fraction of sp³-hybridized carbons (Fsp3) is 0.643. The van der Waals surface area contributed by atoms with Crippen LogP contribution in [-0.4, -0.2) is 18.1 Å². The van der Waals surface area contributed by atoms with Crippen molar-refractivity contribution in [3.05, 3.63) is 23.6 Å². The van der Waals surface area contributed by atoms with Gasteiger partial charge in [-0.05, 0) is 31.6 Å². The predicted octanol–water partition coefficient (Wildman–Crippen LogP) is 3.90. The summed E-state index contributed by atoms with van der Waals surface area (Å²) in [5.74, 6) is -2.67. The SMILES string of the molecule is CCC1CCC(N(C)c2nc(F)c(F)cc2F)CC1. The van der Waals surface area contributed by atoms with Crippen molar-refractivity contribution in [2.75, 3.05) is 11.9 Å². The summed E-state index contributed by atoms with van der Waals surface area (Å²) in [5, 5.41) is 0. The average molecular weight is 272 g/mol. The number of rotatable bonds is 3. The Hall–Kier alpha value is -1.26. The number of nitrogens with zero attached hydrogens (tertiary/aromatic N) is 2. The minimum atomic E-state index is -1.25. The third-order valence-electron chi connectivity index (χ3n) is 4.14. The molecule has 1 aromatic rings. The van der Waals surface area contributed by atoms with E-state index in [0.29, 0.717) is 6.07 Å². The maximum absolute atomic E-state index is 13.7. The van der Waals surface area contributed by atoms with E-state index < -0.39 is 17.6 Å². The molecule has 0 bridgehead atoms. The molecule has 1 saturated carbocycles. The van der Waals surface area contributed by atoms with Crippen LogP contribution in [0.4, 0.5) is 19.0 Å². The van der Waals surface area contributed by atoms with Crippen LogP contribution in [0.25, 0.3) is 0 Å². The second-order valence-electron chi connectivity index (χ2n) is 5.26. The second-order valence-corrected chi connectivity index (χ2v) is 5.26. The molecule has 1 aliphatic carbocycles. The third kappa shape index (κ3) is 3.01. The molecule has 1 heterocycles. The van der Waals surface area contributed by atoms with Gasteiger partial charge in [-0.2, -0.15) is 9.37 Å². The lowest BCUT2D eigenvalue weighted by atomic mass is 9.84. The molecule has 0 amide bonds. The lowest BCUT2D eigenvalue weighted by molar-refractivity contribution is 0.311. The van der Waals surface area contributed by atoms with Gasteiger partial charge in [0.05, 0.1) is 0 Å². The molecule has 0 unspecified atom stereocenters. The van der Waals surface area contributed by atoms with E-state index >= 15 is 0 Å². The molecular weight excluding hydrogens is 253 g/mol. The first kappa shape index (κ1) is 14.2. The van der Waals surface area contributed by atoms with E-state index in [9.17, 15) is 13.2 Å². The topological polar surface area (TPSA) is 16.1 Å². The highest BCUT2D eigenvalue weighted by atomic mass is 19.2. The van der Waals surface area contributed by atoms with E-state index in [4.69, 9.17) is 0 Å². The van der Waals surface area contributed by atoms with Crippen molar-refractivity contribution < 1.29 is 13.2 Å². The smallest absolute Gasteiger partial charge is 0.251 e. The van der Waals surface area contributed by atoms with Gasteiger partial charge >= 0.3 is 0 Å². The number of hydrogen-bond acceptors (Lipinski definition) is 2. The molecule has 2 rings (SSSR count). The number of pyridine rings is 1. The first-order chi connectivity index (χ1) is 9.02. The highest BCUT2D eigenvalue weighted by molar-refractivity contribution is 5.40. The molecule has 1 aliphatic rings. The Bertz CT molecular complexity index is 443. The van der Waals surface area contributed by atoms with Crippen molar-refractivity contribution in [2.45, 2.75) is 45.1 Å². The van der Waals surface area contributed by atoms with Gasteiger partial charge < -0.3 is 4.90 Å². The lowest BCUT2D eigenvalue weighted by Crippen LogP contribution is -2.36. The van der Waals surface area contributed by atoms with E-state index in [2.05, 4.69) is 11.9 Å². The van der Waals surface area contributed by atoms with Crippen molar-refractivity contribution in [2.24, 2.45) is 5.92 Å². The molecule has 106 valence electrons. The summed E-state index contributed by atoms with van der Waals surface area (Å²) in [6, 6.07) is 0.709. The van der Waals surface area contributed by atoms with Crippen LogP contribution in [0.15, 0.2) is 6.07 Å². The highest BCUT2D eigenvalue weighted by Crippen LogP contribution is 2.31. The maximum atomic E-state index is 13.7. The van der Waals surface area contributed by atoms with Crippen LogP contribution in [0, 0.1) is 23.5 Å². The van der Waals surface area contributed by atoms with Gasteiger partial charge in [-0.25, -0.2) is 8.78 Å². The summed E-state index contributed by atoms with van der Waals surface area (Å²) in [7, 11) is 1.69. The minimum Gasteiger partial charge on any atom is -0.354 e. The van der Waals surface area contributed by atoms with Gasteiger partial charge in [0.1, 0.15) is 0 Å². The Balaban J connectivity index is 2.12. The standard InChI is InChI=1S/C14H19F3N2/c1-3-9-4-6-10(7-5-9)19(2)14-12(16)8-11(15)13(17)18-14/h8-10H,3-7H2,1-2H3. The maximum Gasteiger partial charge on any atom is 0.251 e. The molecule has 0 N–H and O–H groups in total. The lowest BCUT2D eigenvalue weighted by Gasteiger charge is -2.35. The summed E-state index contributed by atoms with van der Waals surface area (Å²) >= 11 is 0. The molecule has 19 heavy (non-hydrogen) atoms. The molecule has 2 nitrogen and oxygen atoms in total. The van der Waals surface area contributed by atoms with Gasteiger partial charge in [-0.1, -0.05) is 13.3 Å². The summed E-state index contributed by atoms with van der Waals surface area (Å²) in [6.45, 7) is 2.17. The van der Waals surface area contributed by atoms with E-state index in [1.807, 2.05) is 0 Å². The Morgan fingerprint density at radius 1 is 1.16 bits per heavy atom. The fourth-order valence-electron chi connectivity index (χ4n) is 2.80. The van der Waals surface area contributed by atoms with Crippen LogP contribution in [-0.2, 0) is 0 Å². The summed E-state index contributed by atoms with van der Waals surface area (Å²) in [6.07, 6.45) is 5.23. The van der Waals surface area contributed by atoms with Crippen LogP contribution < -0.4 is 4.90 Å². The number of anilines is 1. The van der Waals surface area contributed by atoms with E-state index in [1.165, 1.54) is 0 Å². The minimum absolute atomic E-state index is 0.0983. The van der Waals surface area contributed by atoms with Gasteiger partial charge in [0.15, 0.2) is 17.5 Å². The Morgan fingerprint density at radius 2 is 1.79 bits per heavy atom. The normalized spacial score (nSPS) is 23.4. The molecule has 0 radical (unpaired) electrons. The van der Waals surface area contributed by atoms with E-state index in [0.717, 1.165) is 38.0 Å². The Labute approximate surface area is 111 Å². The summed E-state index contributed by atoms with van der Waals surface area (Å²) < 4.78 is 39.7. The van der Waals surface area contributed by atoms with Crippen molar-refractivity contribution in [3.63, 3.8) is 0 Å². The largest absolute Gasteiger partial charge is 0.354 e. The quantitative estimate of drug-likeness (QED) is 0.776. The monoisotopic (exact) mass is 272 g/mol. The molecule has 5 heteroatoms. The number of halogens is 3. The molecular formula is C14H19F3N2. The Morgan fingerprint density at radius 3 is 2.37 bits per heavy atom. The molecule has 0 aliphatic heterocycles. The zero-order chi connectivity index (χ0) is 14.0. The van der Waals surface area contributed by atoms with Crippen LogP contribution in [0.2, 0.25) is 0 Å². The zero-order valence-electron chi connectivity index (χ0n) is 11.3. The third-order valence-corrected chi connectivity index (χ3v) is 4.14. The molecule has 0 spiro atoms. The Kier molecular flexibility index (Phi) is 4.32.